The Morgan fingerprint density at radius 1 is 0.952 bits per heavy atom. The molecule has 0 aliphatic carbocycles. The lowest BCUT2D eigenvalue weighted by molar-refractivity contribution is 0.585. The Kier molecular flexibility index (Phi) is 3.58. The first kappa shape index (κ1) is 13.6. The van der Waals surface area contributed by atoms with Gasteiger partial charge in [-0.25, -0.2) is 13.8 Å². The van der Waals surface area contributed by atoms with Gasteiger partial charge in [-0.15, -0.1) is 0 Å². The van der Waals surface area contributed by atoms with E-state index >= 15 is 0 Å². The molecule has 2 nitrogen and oxygen atoms in total. The fourth-order valence-corrected chi connectivity index (χ4v) is 2.25. The Hall–Kier alpha value is -2.40. The molecule has 1 heterocycles. The van der Waals surface area contributed by atoms with Crippen LogP contribution < -0.4 is 0 Å². The SMILES string of the molecule is Fc1ccc(-c2cc(=S)nc(-c3ccccc3)[nH]2)c(F)c1. The average molecular weight is 300 g/mol. The minimum Gasteiger partial charge on any atom is -0.339 e. The summed E-state index contributed by atoms with van der Waals surface area (Å²) in [6, 6.07) is 14.4. The summed E-state index contributed by atoms with van der Waals surface area (Å²) in [5.41, 5.74) is 1.56. The zero-order chi connectivity index (χ0) is 14.8. The van der Waals surface area contributed by atoms with Crippen molar-refractivity contribution in [3.63, 3.8) is 0 Å². The van der Waals surface area contributed by atoms with E-state index in [0.29, 0.717) is 16.2 Å². The first-order chi connectivity index (χ1) is 10.1. The van der Waals surface area contributed by atoms with Crippen molar-refractivity contribution < 1.29 is 8.78 Å². The van der Waals surface area contributed by atoms with Crippen molar-refractivity contribution in [1.82, 2.24) is 9.97 Å². The Labute approximate surface area is 125 Å². The van der Waals surface area contributed by atoms with Crippen LogP contribution in [0, 0.1) is 16.3 Å². The van der Waals surface area contributed by atoms with Crippen molar-refractivity contribution in [2.24, 2.45) is 0 Å². The van der Waals surface area contributed by atoms with E-state index in [4.69, 9.17) is 12.2 Å². The van der Waals surface area contributed by atoms with Gasteiger partial charge in [-0.3, -0.25) is 0 Å². The number of hydrogen-bond acceptors (Lipinski definition) is 2. The van der Waals surface area contributed by atoms with Crippen molar-refractivity contribution in [3.05, 3.63) is 70.9 Å². The summed E-state index contributed by atoms with van der Waals surface area (Å²) < 4.78 is 27.2. The van der Waals surface area contributed by atoms with Gasteiger partial charge in [-0.05, 0) is 18.2 Å². The maximum absolute atomic E-state index is 13.9. The third-order valence-electron chi connectivity index (χ3n) is 3.01. The maximum Gasteiger partial charge on any atom is 0.139 e. The Morgan fingerprint density at radius 2 is 1.71 bits per heavy atom. The second-order valence-corrected chi connectivity index (χ2v) is 4.89. The van der Waals surface area contributed by atoms with Crippen molar-refractivity contribution in [1.29, 1.82) is 0 Å². The number of aromatic amines is 1. The lowest BCUT2D eigenvalue weighted by Gasteiger charge is -2.07. The molecule has 3 aromatic rings. The van der Waals surface area contributed by atoms with Gasteiger partial charge >= 0.3 is 0 Å². The van der Waals surface area contributed by atoms with Gasteiger partial charge in [0.05, 0.1) is 5.69 Å². The van der Waals surface area contributed by atoms with Crippen molar-refractivity contribution in [3.8, 4) is 22.6 Å². The molecule has 1 N–H and O–H groups in total. The van der Waals surface area contributed by atoms with E-state index in [1.165, 1.54) is 12.1 Å². The molecular weight excluding hydrogens is 290 g/mol. The summed E-state index contributed by atoms with van der Waals surface area (Å²) in [6.45, 7) is 0. The number of benzene rings is 2. The molecule has 0 atom stereocenters. The normalized spacial score (nSPS) is 10.6. The highest BCUT2D eigenvalue weighted by molar-refractivity contribution is 7.71. The highest BCUT2D eigenvalue weighted by atomic mass is 32.1. The summed E-state index contributed by atoms with van der Waals surface area (Å²) in [5.74, 6) is -0.722. The number of H-pyrrole nitrogens is 1. The van der Waals surface area contributed by atoms with Crippen LogP contribution in [0.4, 0.5) is 8.78 Å². The van der Waals surface area contributed by atoms with E-state index in [1.54, 1.807) is 6.07 Å². The van der Waals surface area contributed by atoms with Crippen LogP contribution in [0.1, 0.15) is 0 Å². The summed E-state index contributed by atoms with van der Waals surface area (Å²) in [5, 5.41) is 0. The largest absolute Gasteiger partial charge is 0.339 e. The van der Waals surface area contributed by atoms with Crippen LogP contribution in [0.15, 0.2) is 54.6 Å². The van der Waals surface area contributed by atoms with Crippen LogP contribution in [0.2, 0.25) is 0 Å². The zero-order valence-electron chi connectivity index (χ0n) is 10.8. The van der Waals surface area contributed by atoms with Gasteiger partial charge < -0.3 is 4.98 Å². The van der Waals surface area contributed by atoms with Crippen LogP contribution in [0.3, 0.4) is 0 Å². The molecule has 0 radical (unpaired) electrons. The molecule has 5 heteroatoms. The number of rotatable bonds is 2. The second kappa shape index (κ2) is 5.54. The van der Waals surface area contributed by atoms with Gasteiger partial charge in [-0.2, -0.15) is 0 Å². The molecule has 0 aliphatic rings. The summed E-state index contributed by atoms with van der Waals surface area (Å²) in [7, 11) is 0. The number of hydrogen-bond donors (Lipinski definition) is 1. The molecule has 3 rings (SSSR count). The number of nitrogens with zero attached hydrogens (tertiary/aromatic N) is 1. The lowest BCUT2D eigenvalue weighted by atomic mass is 10.1. The number of halogens is 2. The maximum atomic E-state index is 13.9. The first-order valence-electron chi connectivity index (χ1n) is 6.26. The van der Waals surface area contributed by atoms with E-state index in [0.717, 1.165) is 11.6 Å². The minimum absolute atomic E-state index is 0.252. The fraction of sp³-hybridized carbons (Fsp3) is 0. The van der Waals surface area contributed by atoms with Crippen molar-refractivity contribution in [2.45, 2.75) is 0 Å². The summed E-state index contributed by atoms with van der Waals surface area (Å²) >= 11 is 5.13. The van der Waals surface area contributed by atoms with Crippen LogP contribution in [-0.2, 0) is 0 Å². The van der Waals surface area contributed by atoms with Crippen LogP contribution in [0.5, 0.6) is 0 Å². The van der Waals surface area contributed by atoms with Gasteiger partial charge in [0.1, 0.15) is 22.1 Å². The first-order valence-corrected chi connectivity index (χ1v) is 6.66. The molecule has 0 aliphatic heterocycles. The summed E-state index contributed by atoms with van der Waals surface area (Å²) in [4.78, 5) is 7.28. The molecule has 0 saturated heterocycles. The van der Waals surface area contributed by atoms with Gasteiger partial charge in [-0.1, -0.05) is 42.5 Å². The van der Waals surface area contributed by atoms with Gasteiger partial charge in [0.15, 0.2) is 0 Å². The van der Waals surface area contributed by atoms with E-state index in [9.17, 15) is 8.78 Å². The van der Waals surface area contributed by atoms with Gasteiger partial charge in [0.2, 0.25) is 0 Å². The molecule has 0 unspecified atom stereocenters. The van der Waals surface area contributed by atoms with E-state index < -0.39 is 11.6 Å². The molecule has 0 spiro atoms. The lowest BCUT2D eigenvalue weighted by Crippen LogP contribution is -1.95. The Balaban J connectivity index is 2.16. The Bertz CT molecular complexity index is 844. The fourth-order valence-electron chi connectivity index (χ4n) is 2.04. The van der Waals surface area contributed by atoms with Gasteiger partial charge in [0.25, 0.3) is 0 Å². The molecule has 0 saturated carbocycles. The van der Waals surface area contributed by atoms with Crippen LogP contribution >= 0.6 is 12.2 Å². The Morgan fingerprint density at radius 3 is 2.43 bits per heavy atom. The molecule has 1 aromatic heterocycles. The number of aromatic nitrogens is 2. The van der Waals surface area contributed by atoms with Crippen molar-refractivity contribution >= 4 is 12.2 Å². The molecule has 104 valence electrons. The third-order valence-corrected chi connectivity index (χ3v) is 3.22. The zero-order valence-corrected chi connectivity index (χ0v) is 11.6. The van der Waals surface area contributed by atoms with Crippen LogP contribution in [0.25, 0.3) is 22.6 Å². The highest BCUT2D eigenvalue weighted by Gasteiger charge is 2.09. The standard InChI is InChI=1S/C16H10F2N2S/c17-11-6-7-12(13(18)8-11)14-9-15(21)20-16(19-14)10-4-2-1-3-5-10/h1-9H,(H,19,20,21). The molecule has 2 aromatic carbocycles. The van der Waals surface area contributed by atoms with E-state index in [2.05, 4.69) is 9.97 Å². The smallest absolute Gasteiger partial charge is 0.139 e. The topological polar surface area (TPSA) is 28.7 Å². The molecule has 0 bridgehead atoms. The van der Waals surface area contributed by atoms with Crippen LogP contribution in [-0.4, -0.2) is 9.97 Å². The summed E-state index contributed by atoms with van der Waals surface area (Å²) in [6.07, 6.45) is 0. The minimum atomic E-state index is -0.647. The average Bonchev–Trinajstić information content (AvgIpc) is 2.47. The molecule has 0 fully saturated rings. The van der Waals surface area contributed by atoms with Gasteiger partial charge in [0, 0.05) is 17.2 Å². The number of nitrogens with one attached hydrogen (secondary N) is 1. The molecule has 0 amide bonds. The van der Waals surface area contributed by atoms with E-state index in [1.807, 2.05) is 30.3 Å². The molecule has 21 heavy (non-hydrogen) atoms. The van der Waals surface area contributed by atoms with Crippen molar-refractivity contribution in [2.75, 3.05) is 0 Å². The molecular formula is C16H10F2N2S. The monoisotopic (exact) mass is 300 g/mol. The van der Waals surface area contributed by atoms with E-state index in [-0.39, 0.29) is 5.56 Å². The quantitative estimate of drug-likeness (QED) is 0.692. The predicted octanol–water partition coefficient (Wildman–Crippen LogP) is 4.75. The second-order valence-electron chi connectivity index (χ2n) is 4.47. The predicted molar refractivity (Wildman–Crippen MR) is 80.2 cm³/mol. The highest BCUT2D eigenvalue weighted by Crippen LogP contribution is 2.24. The third kappa shape index (κ3) is 2.87.